The quantitative estimate of drug-likeness (QED) is 0.672. The molecule has 1 heterocycles. The lowest BCUT2D eigenvalue weighted by molar-refractivity contribution is -0.116. The number of hydrogen-bond donors (Lipinski definition) is 1. The molecule has 0 saturated carbocycles. The number of halogens is 2. The van der Waals surface area contributed by atoms with Gasteiger partial charge in [-0.3, -0.25) is 4.79 Å². The summed E-state index contributed by atoms with van der Waals surface area (Å²) in [5.41, 5.74) is 2.51. The van der Waals surface area contributed by atoms with Crippen LogP contribution in [0.25, 0.3) is 6.08 Å². The van der Waals surface area contributed by atoms with Gasteiger partial charge in [0.1, 0.15) is 0 Å². The van der Waals surface area contributed by atoms with Gasteiger partial charge < -0.3 is 19.7 Å². The lowest BCUT2D eigenvalue weighted by Gasteiger charge is -2.21. The molecule has 1 saturated heterocycles. The van der Waals surface area contributed by atoms with Crippen LogP contribution in [0, 0.1) is 0 Å². The van der Waals surface area contributed by atoms with E-state index in [0.29, 0.717) is 12.1 Å². The lowest BCUT2D eigenvalue weighted by atomic mass is 10.1. The van der Waals surface area contributed by atoms with Gasteiger partial charge >= 0.3 is 6.61 Å². The first-order valence-electron chi connectivity index (χ1n) is 9.49. The molecule has 0 bridgehead atoms. The highest BCUT2D eigenvalue weighted by Crippen LogP contribution is 2.33. The minimum atomic E-state index is -2.99. The topological polar surface area (TPSA) is 50.8 Å². The second-order valence-electron chi connectivity index (χ2n) is 6.63. The molecule has 0 radical (unpaired) electrons. The largest absolute Gasteiger partial charge is 0.493 e. The third-order valence-corrected chi connectivity index (χ3v) is 4.74. The van der Waals surface area contributed by atoms with E-state index in [1.54, 1.807) is 12.1 Å². The van der Waals surface area contributed by atoms with Crippen LogP contribution in [-0.4, -0.2) is 32.7 Å². The molecule has 29 heavy (non-hydrogen) atoms. The molecule has 0 aromatic heterocycles. The number of rotatable bonds is 8. The summed E-state index contributed by atoms with van der Waals surface area (Å²) in [5, 5.41) is 2.85. The number of amides is 1. The molecule has 2 aromatic carbocycles. The molecule has 0 atom stereocenters. The monoisotopic (exact) mass is 402 g/mol. The van der Waals surface area contributed by atoms with Crippen molar-refractivity contribution in [3.63, 3.8) is 0 Å². The molecule has 7 heteroatoms. The van der Waals surface area contributed by atoms with Crippen molar-refractivity contribution in [1.82, 2.24) is 5.32 Å². The number of anilines is 1. The minimum Gasteiger partial charge on any atom is -0.493 e. The predicted molar refractivity (Wildman–Crippen MR) is 108 cm³/mol. The third kappa shape index (κ3) is 5.47. The summed E-state index contributed by atoms with van der Waals surface area (Å²) in [6.45, 7) is -0.565. The zero-order valence-electron chi connectivity index (χ0n) is 16.2. The first-order chi connectivity index (χ1) is 14.1. The molecule has 1 aliphatic heterocycles. The van der Waals surface area contributed by atoms with Crippen LogP contribution in [-0.2, 0) is 11.3 Å². The van der Waals surface area contributed by atoms with Crippen molar-refractivity contribution in [3.8, 4) is 11.5 Å². The molecule has 1 amide bonds. The number of benzene rings is 2. The van der Waals surface area contributed by atoms with E-state index in [-0.39, 0.29) is 17.4 Å². The van der Waals surface area contributed by atoms with Crippen molar-refractivity contribution in [1.29, 1.82) is 0 Å². The maximum Gasteiger partial charge on any atom is 0.387 e. The van der Waals surface area contributed by atoms with Gasteiger partial charge in [-0.25, -0.2) is 0 Å². The van der Waals surface area contributed by atoms with Crippen molar-refractivity contribution in [2.45, 2.75) is 26.0 Å². The van der Waals surface area contributed by atoms with E-state index in [0.717, 1.165) is 24.3 Å². The molecular weight excluding hydrogens is 378 g/mol. The fourth-order valence-corrected chi connectivity index (χ4v) is 3.37. The van der Waals surface area contributed by atoms with E-state index in [1.165, 1.54) is 38.2 Å². The molecule has 2 aromatic rings. The minimum absolute atomic E-state index is 0.103. The van der Waals surface area contributed by atoms with Gasteiger partial charge in [0.15, 0.2) is 11.5 Å². The van der Waals surface area contributed by atoms with Crippen molar-refractivity contribution in [2.24, 2.45) is 0 Å². The van der Waals surface area contributed by atoms with E-state index < -0.39 is 6.61 Å². The Morgan fingerprint density at radius 2 is 1.93 bits per heavy atom. The Balaban J connectivity index is 1.67. The Labute approximate surface area is 168 Å². The highest BCUT2D eigenvalue weighted by molar-refractivity contribution is 5.92. The second kappa shape index (κ2) is 9.91. The number of ether oxygens (including phenoxy) is 2. The average Bonchev–Trinajstić information content (AvgIpc) is 3.26. The van der Waals surface area contributed by atoms with E-state index in [1.807, 2.05) is 18.2 Å². The second-order valence-corrected chi connectivity index (χ2v) is 6.63. The van der Waals surface area contributed by atoms with E-state index in [4.69, 9.17) is 4.74 Å². The highest BCUT2D eigenvalue weighted by Gasteiger charge is 2.16. The highest BCUT2D eigenvalue weighted by atomic mass is 19.3. The van der Waals surface area contributed by atoms with Crippen LogP contribution in [0.1, 0.15) is 24.0 Å². The summed E-state index contributed by atoms with van der Waals surface area (Å²) in [6, 6.07) is 12.7. The standard InChI is InChI=1S/C22H24F2N2O3/c1-28-19-10-6-8-16(21(19)29-22(23)24)11-12-20(27)25-15-17-7-2-3-9-18(17)26-13-4-5-14-26/h2-3,6-12,22H,4-5,13-15H2,1H3,(H,25,27)/b12-11+. The summed E-state index contributed by atoms with van der Waals surface area (Å²) in [7, 11) is 1.37. The fraction of sp³-hybridized carbons (Fsp3) is 0.318. The van der Waals surface area contributed by atoms with E-state index >= 15 is 0 Å². The molecule has 0 aliphatic carbocycles. The number of hydrogen-bond acceptors (Lipinski definition) is 4. The smallest absolute Gasteiger partial charge is 0.387 e. The zero-order chi connectivity index (χ0) is 20.6. The Morgan fingerprint density at radius 3 is 2.66 bits per heavy atom. The van der Waals surface area contributed by atoms with Crippen molar-refractivity contribution >= 4 is 17.7 Å². The van der Waals surface area contributed by atoms with Crippen LogP contribution < -0.4 is 19.7 Å². The Kier molecular flexibility index (Phi) is 7.05. The molecule has 3 rings (SSSR count). The average molecular weight is 402 g/mol. The number of methoxy groups -OCH3 is 1. The van der Waals surface area contributed by atoms with Crippen LogP contribution >= 0.6 is 0 Å². The van der Waals surface area contributed by atoms with Gasteiger partial charge in [0.2, 0.25) is 5.91 Å². The van der Waals surface area contributed by atoms with E-state index in [9.17, 15) is 13.6 Å². The normalized spacial score (nSPS) is 13.9. The van der Waals surface area contributed by atoms with Gasteiger partial charge in [0.05, 0.1) is 7.11 Å². The van der Waals surface area contributed by atoms with Crippen molar-refractivity contribution in [3.05, 3.63) is 59.7 Å². The molecule has 1 aliphatic rings. The van der Waals surface area contributed by atoms with Gasteiger partial charge in [0.25, 0.3) is 0 Å². The van der Waals surface area contributed by atoms with Crippen LogP contribution in [0.3, 0.4) is 0 Å². The van der Waals surface area contributed by atoms with Crippen LogP contribution in [0.4, 0.5) is 14.5 Å². The number of carbonyl (C=O) groups is 1. The summed E-state index contributed by atoms with van der Waals surface area (Å²) in [4.78, 5) is 14.6. The van der Waals surface area contributed by atoms with Gasteiger partial charge in [-0.15, -0.1) is 0 Å². The number of alkyl halides is 2. The van der Waals surface area contributed by atoms with Gasteiger partial charge in [-0.2, -0.15) is 8.78 Å². The number of para-hydroxylation sites is 2. The molecule has 154 valence electrons. The number of nitrogens with one attached hydrogen (secondary N) is 1. The summed E-state index contributed by atoms with van der Waals surface area (Å²) < 4.78 is 35.0. The molecule has 0 spiro atoms. The number of carbonyl (C=O) groups excluding carboxylic acids is 1. The van der Waals surface area contributed by atoms with Gasteiger partial charge in [0, 0.05) is 37.0 Å². The fourth-order valence-electron chi connectivity index (χ4n) is 3.37. The van der Waals surface area contributed by atoms with Crippen LogP contribution in [0.15, 0.2) is 48.5 Å². The van der Waals surface area contributed by atoms with Crippen LogP contribution in [0.2, 0.25) is 0 Å². The Morgan fingerprint density at radius 1 is 1.17 bits per heavy atom. The number of nitrogens with zero attached hydrogens (tertiary/aromatic N) is 1. The zero-order valence-corrected chi connectivity index (χ0v) is 16.2. The first-order valence-corrected chi connectivity index (χ1v) is 9.49. The Hall–Kier alpha value is -3.09. The van der Waals surface area contributed by atoms with E-state index in [2.05, 4.69) is 21.0 Å². The molecule has 1 fully saturated rings. The summed E-state index contributed by atoms with van der Waals surface area (Å²) in [5.74, 6) is -0.257. The molecule has 1 N–H and O–H groups in total. The Bertz CT molecular complexity index is 865. The maximum absolute atomic E-state index is 12.7. The lowest BCUT2D eigenvalue weighted by Crippen LogP contribution is -2.24. The SMILES string of the molecule is COc1cccc(/C=C/C(=O)NCc2ccccc2N2CCCC2)c1OC(F)F. The molecule has 5 nitrogen and oxygen atoms in total. The molecular formula is C22H24F2N2O3. The van der Waals surface area contributed by atoms with Crippen LogP contribution in [0.5, 0.6) is 11.5 Å². The predicted octanol–water partition coefficient (Wildman–Crippen LogP) is 4.23. The molecule has 0 unspecified atom stereocenters. The summed E-state index contributed by atoms with van der Waals surface area (Å²) in [6.07, 6.45) is 5.08. The van der Waals surface area contributed by atoms with Crippen molar-refractivity contribution < 1.29 is 23.0 Å². The van der Waals surface area contributed by atoms with Gasteiger partial charge in [-0.1, -0.05) is 30.3 Å². The first kappa shape index (κ1) is 20.6. The maximum atomic E-state index is 12.7. The van der Waals surface area contributed by atoms with Gasteiger partial charge in [-0.05, 0) is 36.6 Å². The third-order valence-electron chi connectivity index (χ3n) is 4.74. The summed E-state index contributed by atoms with van der Waals surface area (Å²) >= 11 is 0. The van der Waals surface area contributed by atoms with Crippen molar-refractivity contribution in [2.75, 3.05) is 25.1 Å².